The van der Waals surface area contributed by atoms with Crippen LogP contribution in [0.5, 0.6) is 0 Å². The molecule has 5 heteroatoms. The van der Waals surface area contributed by atoms with E-state index in [2.05, 4.69) is 18.3 Å². The molecule has 2 bridgehead atoms. The third kappa shape index (κ3) is 4.69. The Morgan fingerprint density at radius 1 is 0.912 bits per heavy atom. The molecule has 0 fully saturated rings. The van der Waals surface area contributed by atoms with E-state index >= 15 is 0 Å². The number of carbonyl (C=O) groups excluding carboxylic acids is 1. The maximum atomic E-state index is 12.8. The third-order valence-electron chi connectivity index (χ3n) is 6.56. The van der Waals surface area contributed by atoms with Crippen LogP contribution >= 0.6 is 0 Å². The summed E-state index contributed by atoms with van der Waals surface area (Å²) in [7, 11) is 0. The summed E-state index contributed by atoms with van der Waals surface area (Å²) in [6, 6.07) is 21.2. The maximum absolute atomic E-state index is 12.8. The zero-order valence-corrected chi connectivity index (χ0v) is 19.9. The van der Waals surface area contributed by atoms with Crippen LogP contribution in [0.25, 0.3) is 11.1 Å². The van der Waals surface area contributed by atoms with E-state index in [1.54, 1.807) is 12.1 Å². The summed E-state index contributed by atoms with van der Waals surface area (Å²) < 4.78 is 0. The van der Waals surface area contributed by atoms with E-state index in [0.717, 1.165) is 40.9 Å². The van der Waals surface area contributed by atoms with Gasteiger partial charge in [0.25, 0.3) is 0 Å². The predicted molar refractivity (Wildman–Crippen MR) is 137 cm³/mol. The van der Waals surface area contributed by atoms with Crippen LogP contribution in [0.1, 0.15) is 61.9 Å². The van der Waals surface area contributed by atoms with Gasteiger partial charge in [0.15, 0.2) is 0 Å². The van der Waals surface area contributed by atoms with Crippen molar-refractivity contribution < 1.29 is 14.7 Å². The van der Waals surface area contributed by atoms with Gasteiger partial charge in [0, 0.05) is 23.6 Å². The van der Waals surface area contributed by atoms with Crippen molar-refractivity contribution in [1.82, 2.24) is 5.32 Å². The number of carboxylic acids is 1. The van der Waals surface area contributed by atoms with Gasteiger partial charge in [-0.2, -0.15) is 0 Å². The number of para-hydroxylation sites is 1. The van der Waals surface area contributed by atoms with E-state index in [1.807, 2.05) is 60.4 Å². The van der Waals surface area contributed by atoms with Crippen LogP contribution in [0.3, 0.4) is 0 Å². The normalized spacial score (nSPS) is 12.7. The van der Waals surface area contributed by atoms with Crippen molar-refractivity contribution >= 4 is 28.9 Å². The van der Waals surface area contributed by atoms with Gasteiger partial charge in [-0.3, -0.25) is 4.79 Å². The van der Waals surface area contributed by atoms with Crippen LogP contribution in [0, 0.1) is 5.92 Å². The molecule has 0 radical (unpaired) electrons. The molecule has 34 heavy (non-hydrogen) atoms. The Kier molecular flexibility index (Phi) is 7.31. The molecule has 0 aliphatic carbocycles. The van der Waals surface area contributed by atoms with Crippen molar-refractivity contribution in [3.63, 3.8) is 0 Å². The van der Waals surface area contributed by atoms with E-state index in [0.29, 0.717) is 12.2 Å². The Morgan fingerprint density at radius 2 is 1.65 bits per heavy atom. The SMILES string of the molecule is CCCCCCC(C)C(=O)NCc1c2ccc(-c3ccccc3)c1N2c1ccccc1C(=O)O. The summed E-state index contributed by atoms with van der Waals surface area (Å²) in [6.45, 7) is 4.60. The van der Waals surface area contributed by atoms with Crippen LogP contribution in [0.4, 0.5) is 17.1 Å². The minimum Gasteiger partial charge on any atom is -0.478 e. The van der Waals surface area contributed by atoms with Gasteiger partial charge in [-0.1, -0.05) is 88.1 Å². The fourth-order valence-corrected chi connectivity index (χ4v) is 4.64. The van der Waals surface area contributed by atoms with E-state index in [-0.39, 0.29) is 17.4 Å². The second-order valence-corrected chi connectivity index (χ2v) is 8.95. The summed E-state index contributed by atoms with van der Waals surface area (Å²) in [5.41, 5.74) is 5.88. The van der Waals surface area contributed by atoms with Crippen molar-refractivity contribution in [2.24, 2.45) is 5.92 Å². The monoisotopic (exact) mass is 456 g/mol. The summed E-state index contributed by atoms with van der Waals surface area (Å²) in [5, 5.41) is 12.9. The number of carboxylic acid groups (broad SMARTS) is 1. The number of nitrogens with one attached hydrogen (secondary N) is 1. The molecule has 2 N–H and O–H groups in total. The van der Waals surface area contributed by atoms with Crippen LogP contribution in [0.2, 0.25) is 0 Å². The Balaban J connectivity index is 1.60. The summed E-state index contributed by atoms with van der Waals surface area (Å²) in [4.78, 5) is 26.7. The molecule has 0 saturated heterocycles. The highest BCUT2D eigenvalue weighted by Gasteiger charge is 2.35. The first kappa shape index (κ1) is 23.6. The van der Waals surface area contributed by atoms with Crippen molar-refractivity contribution in [2.45, 2.75) is 52.5 Å². The van der Waals surface area contributed by atoms with Crippen molar-refractivity contribution in [2.75, 3.05) is 4.90 Å². The first-order valence-corrected chi connectivity index (χ1v) is 12.1. The lowest BCUT2D eigenvalue weighted by atomic mass is 9.89. The lowest BCUT2D eigenvalue weighted by Gasteiger charge is -2.41. The number of hydrogen-bond acceptors (Lipinski definition) is 3. The van der Waals surface area contributed by atoms with Gasteiger partial charge in [-0.05, 0) is 30.2 Å². The molecule has 5 nitrogen and oxygen atoms in total. The van der Waals surface area contributed by atoms with E-state index in [9.17, 15) is 14.7 Å². The standard InChI is InChI=1S/C29H32N2O3/c1-3-4-5-7-12-20(2)28(32)30-19-24-26-18-17-22(21-13-8-6-9-14-21)27(24)31(26)25-16-11-10-15-23(25)29(33)34/h6,8-11,13-18,20H,3-5,7,12,19H2,1-2H3,(H,30,32)(H,33,34). The number of unbranched alkanes of at least 4 members (excludes halogenated alkanes) is 3. The van der Waals surface area contributed by atoms with Gasteiger partial charge in [-0.25, -0.2) is 4.79 Å². The molecule has 4 rings (SSSR count). The lowest BCUT2D eigenvalue weighted by molar-refractivity contribution is -0.124. The van der Waals surface area contributed by atoms with Crippen LogP contribution in [-0.4, -0.2) is 17.0 Å². The minimum atomic E-state index is -0.959. The molecule has 1 heterocycles. The number of carbonyl (C=O) groups is 2. The Bertz CT molecular complexity index is 1170. The molecule has 1 atom stereocenters. The highest BCUT2D eigenvalue weighted by atomic mass is 16.4. The van der Waals surface area contributed by atoms with Crippen molar-refractivity contribution in [3.05, 3.63) is 77.9 Å². The molecule has 0 saturated carbocycles. The molecule has 1 aliphatic rings. The van der Waals surface area contributed by atoms with E-state index in [4.69, 9.17) is 0 Å². The number of fused-ring (bicyclic) bond motifs is 2. The van der Waals surface area contributed by atoms with Crippen molar-refractivity contribution in [1.29, 1.82) is 0 Å². The van der Waals surface area contributed by atoms with Gasteiger partial charge in [-0.15, -0.1) is 0 Å². The first-order chi connectivity index (χ1) is 16.5. The van der Waals surface area contributed by atoms with E-state index in [1.165, 1.54) is 19.3 Å². The number of amides is 1. The summed E-state index contributed by atoms with van der Waals surface area (Å²) in [5.74, 6) is -0.916. The van der Waals surface area contributed by atoms with Crippen molar-refractivity contribution in [3.8, 4) is 11.1 Å². The van der Waals surface area contributed by atoms with Gasteiger partial charge in [0.1, 0.15) is 0 Å². The Morgan fingerprint density at radius 3 is 2.38 bits per heavy atom. The fourth-order valence-electron chi connectivity index (χ4n) is 4.64. The highest BCUT2D eigenvalue weighted by Crippen LogP contribution is 2.55. The Labute approximate surface area is 201 Å². The smallest absolute Gasteiger partial charge is 0.337 e. The van der Waals surface area contributed by atoms with E-state index < -0.39 is 5.97 Å². The fraction of sp³-hybridized carbons (Fsp3) is 0.310. The second-order valence-electron chi connectivity index (χ2n) is 8.95. The maximum Gasteiger partial charge on any atom is 0.337 e. The van der Waals surface area contributed by atoms with Gasteiger partial charge in [0.05, 0.1) is 22.6 Å². The molecule has 3 aromatic rings. The van der Waals surface area contributed by atoms with Crippen LogP contribution in [0.15, 0.2) is 66.7 Å². The number of benzene rings is 3. The number of hydrogen-bond donors (Lipinski definition) is 2. The predicted octanol–water partition coefficient (Wildman–Crippen LogP) is 7.06. The Hall–Kier alpha value is -3.60. The molecule has 0 spiro atoms. The molecular formula is C29H32N2O3. The van der Waals surface area contributed by atoms with Gasteiger partial charge in [0.2, 0.25) is 5.91 Å². The average molecular weight is 457 g/mol. The third-order valence-corrected chi connectivity index (χ3v) is 6.56. The largest absolute Gasteiger partial charge is 0.478 e. The second kappa shape index (κ2) is 10.6. The highest BCUT2D eigenvalue weighted by molar-refractivity contribution is 6.06. The summed E-state index contributed by atoms with van der Waals surface area (Å²) in [6.07, 6.45) is 5.53. The van der Waals surface area contributed by atoms with Crippen LogP contribution < -0.4 is 10.2 Å². The first-order valence-electron chi connectivity index (χ1n) is 12.1. The zero-order chi connectivity index (χ0) is 24.1. The molecule has 176 valence electrons. The topological polar surface area (TPSA) is 69.6 Å². The molecular weight excluding hydrogens is 424 g/mol. The molecule has 1 amide bonds. The lowest BCUT2D eigenvalue weighted by Crippen LogP contribution is -2.33. The number of aromatic carboxylic acids is 1. The number of anilines is 3. The summed E-state index contributed by atoms with van der Waals surface area (Å²) >= 11 is 0. The average Bonchev–Trinajstić information content (AvgIpc) is 2.86. The molecule has 1 aliphatic heterocycles. The van der Waals surface area contributed by atoms with Gasteiger partial charge >= 0.3 is 5.97 Å². The van der Waals surface area contributed by atoms with Gasteiger partial charge < -0.3 is 15.3 Å². The number of rotatable bonds is 11. The number of nitrogens with zero attached hydrogens (tertiary/aromatic N) is 1. The minimum absolute atomic E-state index is 0.0238. The van der Waals surface area contributed by atoms with Crippen LogP contribution in [-0.2, 0) is 11.3 Å². The quantitative estimate of drug-likeness (QED) is 0.237. The molecule has 3 aromatic carbocycles. The molecule has 0 aromatic heterocycles. The zero-order valence-electron chi connectivity index (χ0n) is 19.9. The molecule has 1 unspecified atom stereocenters.